The average molecular weight is 415 g/mol. The minimum atomic E-state index is 0.294. The SMILES string of the molecule is CON1CCCC(c2cc3[nH]nc(N)c3c(-c3ccc(Oc4ccccc4)cc3)n2)C1. The Morgan fingerprint density at radius 2 is 1.84 bits per heavy atom. The number of piperidine rings is 1. The van der Waals surface area contributed by atoms with Crippen LogP contribution in [0.4, 0.5) is 5.82 Å². The number of hydroxylamine groups is 2. The van der Waals surface area contributed by atoms with E-state index in [-0.39, 0.29) is 0 Å². The first-order chi connectivity index (χ1) is 15.2. The number of hydrogen-bond acceptors (Lipinski definition) is 6. The molecule has 158 valence electrons. The molecular formula is C24H25N5O2. The third-order valence-electron chi connectivity index (χ3n) is 5.76. The zero-order valence-electron chi connectivity index (χ0n) is 17.4. The first kappa shape index (κ1) is 19.5. The van der Waals surface area contributed by atoms with Gasteiger partial charge in [0.15, 0.2) is 5.82 Å². The molecule has 1 aliphatic heterocycles. The number of benzene rings is 2. The molecule has 3 heterocycles. The van der Waals surface area contributed by atoms with Crippen LogP contribution in [0.15, 0.2) is 60.7 Å². The third kappa shape index (κ3) is 3.97. The molecule has 31 heavy (non-hydrogen) atoms. The summed E-state index contributed by atoms with van der Waals surface area (Å²) in [7, 11) is 1.72. The van der Waals surface area contributed by atoms with Crippen LogP contribution in [0.1, 0.15) is 24.5 Å². The minimum absolute atomic E-state index is 0.294. The summed E-state index contributed by atoms with van der Waals surface area (Å²) in [4.78, 5) is 10.5. The number of hydrogen-bond donors (Lipinski definition) is 2. The number of rotatable bonds is 5. The minimum Gasteiger partial charge on any atom is -0.457 e. The molecule has 0 aliphatic carbocycles. The van der Waals surface area contributed by atoms with Crippen molar-refractivity contribution in [3.63, 3.8) is 0 Å². The van der Waals surface area contributed by atoms with Gasteiger partial charge in [-0.05, 0) is 55.3 Å². The molecule has 4 aromatic rings. The molecule has 7 heteroatoms. The Kier molecular flexibility index (Phi) is 5.28. The van der Waals surface area contributed by atoms with Crippen molar-refractivity contribution < 1.29 is 9.57 Å². The smallest absolute Gasteiger partial charge is 0.155 e. The first-order valence-electron chi connectivity index (χ1n) is 10.5. The van der Waals surface area contributed by atoms with Crippen molar-refractivity contribution in [3.8, 4) is 22.8 Å². The first-order valence-corrected chi connectivity index (χ1v) is 10.5. The molecule has 0 radical (unpaired) electrons. The van der Waals surface area contributed by atoms with Crippen LogP contribution in [-0.4, -0.2) is 40.4 Å². The summed E-state index contributed by atoms with van der Waals surface area (Å²) in [6.07, 6.45) is 2.15. The average Bonchev–Trinajstić information content (AvgIpc) is 3.20. The maximum absolute atomic E-state index is 6.18. The Morgan fingerprint density at radius 1 is 1.06 bits per heavy atom. The Morgan fingerprint density at radius 3 is 2.61 bits per heavy atom. The lowest BCUT2D eigenvalue weighted by Gasteiger charge is -2.30. The summed E-state index contributed by atoms with van der Waals surface area (Å²) in [6, 6.07) is 19.7. The van der Waals surface area contributed by atoms with Gasteiger partial charge in [0.2, 0.25) is 0 Å². The Labute approximate surface area is 180 Å². The molecule has 1 unspecified atom stereocenters. The molecule has 1 aliphatic rings. The van der Waals surface area contributed by atoms with E-state index >= 15 is 0 Å². The number of nitrogen functional groups attached to an aromatic ring is 1. The van der Waals surface area contributed by atoms with Crippen LogP contribution in [0.2, 0.25) is 0 Å². The van der Waals surface area contributed by atoms with Crippen LogP contribution in [0.3, 0.4) is 0 Å². The van der Waals surface area contributed by atoms with Crippen molar-refractivity contribution in [1.82, 2.24) is 20.2 Å². The van der Waals surface area contributed by atoms with E-state index in [1.54, 1.807) is 7.11 Å². The number of aromatic nitrogens is 3. The molecule has 0 spiro atoms. The molecule has 3 N–H and O–H groups in total. The molecule has 1 fully saturated rings. The number of pyridine rings is 1. The number of anilines is 1. The fourth-order valence-electron chi connectivity index (χ4n) is 4.16. The molecule has 1 atom stereocenters. The van der Waals surface area contributed by atoms with Gasteiger partial charge in [0.1, 0.15) is 11.5 Å². The number of ether oxygens (including phenoxy) is 1. The number of nitrogens with zero attached hydrogens (tertiary/aromatic N) is 3. The summed E-state index contributed by atoms with van der Waals surface area (Å²) in [6.45, 7) is 1.77. The quantitative estimate of drug-likeness (QED) is 0.489. The molecular weight excluding hydrogens is 390 g/mol. The lowest BCUT2D eigenvalue weighted by molar-refractivity contribution is -0.145. The maximum Gasteiger partial charge on any atom is 0.155 e. The molecule has 0 bridgehead atoms. The molecule has 0 saturated carbocycles. The Bertz CT molecular complexity index is 1170. The van der Waals surface area contributed by atoms with Crippen LogP contribution in [-0.2, 0) is 4.84 Å². The monoisotopic (exact) mass is 415 g/mol. The third-order valence-corrected chi connectivity index (χ3v) is 5.76. The van der Waals surface area contributed by atoms with Crippen molar-refractivity contribution in [2.24, 2.45) is 0 Å². The lowest BCUT2D eigenvalue weighted by atomic mass is 9.94. The van der Waals surface area contributed by atoms with E-state index in [4.69, 9.17) is 20.3 Å². The van der Waals surface area contributed by atoms with Crippen molar-refractivity contribution in [2.75, 3.05) is 25.9 Å². The van der Waals surface area contributed by atoms with Crippen molar-refractivity contribution in [3.05, 3.63) is 66.4 Å². The van der Waals surface area contributed by atoms with Gasteiger partial charge in [-0.1, -0.05) is 18.2 Å². The number of nitrogens with two attached hydrogens (primary N) is 1. The lowest BCUT2D eigenvalue weighted by Crippen LogP contribution is -2.33. The van der Waals surface area contributed by atoms with Crippen LogP contribution < -0.4 is 10.5 Å². The van der Waals surface area contributed by atoms with Gasteiger partial charge in [-0.15, -0.1) is 0 Å². The van der Waals surface area contributed by atoms with Gasteiger partial charge in [0, 0.05) is 30.3 Å². The highest BCUT2D eigenvalue weighted by Crippen LogP contribution is 2.35. The molecule has 0 amide bonds. The Balaban J connectivity index is 1.50. The highest BCUT2D eigenvalue weighted by atomic mass is 16.7. The van der Waals surface area contributed by atoms with Gasteiger partial charge < -0.3 is 15.3 Å². The summed E-state index contributed by atoms with van der Waals surface area (Å²) in [5, 5.41) is 10.1. The number of para-hydroxylation sites is 1. The van der Waals surface area contributed by atoms with Crippen LogP contribution >= 0.6 is 0 Å². The van der Waals surface area contributed by atoms with E-state index in [1.807, 2.05) is 59.7 Å². The fraction of sp³-hybridized carbons (Fsp3) is 0.250. The summed E-state index contributed by atoms with van der Waals surface area (Å²) >= 11 is 0. The van der Waals surface area contributed by atoms with Gasteiger partial charge in [0.05, 0.1) is 23.7 Å². The predicted octanol–water partition coefficient (Wildman–Crippen LogP) is 4.74. The second-order valence-corrected chi connectivity index (χ2v) is 7.78. The van der Waals surface area contributed by atoms with E-state index in [9.17, 15) is 0 Å². The Hall–Kier alpha value is -3.42. The summed E-state index contributed by atoms with van der Waals surface area (Å²) in [5.41, 5.74) is 9.91. The number of nitrogens with one attached hydrogen (secondary N) is 1. The number of fused-ring (bicyclic) bond motifs is 1. The summed E-state index contributed by atoms with van der Waals surface area (Å²) in [5.74, 6) is 2.32. The van der Waals surface area contributed by atoms with E-state index in [0.29, 0.717) is 11.7 Å². The predicted molar refractivity (Wildman–Crippen MR) is 121 cm³/mol. The van der Waals surface area contributed by atoms with Gasteiger partial charge in [0.25, 0.3) is 0 Å². The standard InChI is InChI=1S/C24H25N5O2/c1-30-29-13-5-6-17(15-29)20-14-21-22(24(25)28-27-21)23(26-20)16-9-11-19(12-10-16)31-18-7-3-2-4-8-18/h2-4,7-12,14,17H,5-6,13,15H2,1H3,(H3,25,27,28). The zero-order valence-corrected chi connectivity index (χ0v) is 17.4. The van der Waals surface area contributed by atoms with Crippen molar-refractivity contribution in [2.45, 2.75) is 18.8 Å². The van der Waals surface area contributed by atoms with Crippen LogP contribution in [0.5, 0.6) is 11.5 Å². The maximum atomic E-state index is 6.18. The van der Waals surface area contributed by atoms with Gasteiger partial charge >= 0.3 is 0 Å². The number of H-pyrrole nitrogens is 1. The van der Waals surface area contributed by atoms with Crippen LogP contribution in [0.25, 0.3) is 22.2 Å². The molecule has 1 saturated heterocycles. The zero-order chi connectivity index (χ0) is 21.2. The van der Waals surface area contributed by atoms with E-state index in [0.717, 1.165) is 65.3 Å². The van der Waals surface area contributed by atoms with Crippen LogP contribution in [0, 0.1) is 0 Å². The van der Waals surface area contributed by atoms with Crippen molar-refractivity contribution >= 4 is 16.7 Å². The highest BCUT2D eigenvalue weighted by Gasteiger charge is 2.24. The van der Waals surface area contributed by atoms with E-state index < -0.39 is 0 Å². The highest BCUT2D eigenvalue weighted by molar-refractivity contribution is 6.00. The second-order valence-electron chi connectivity index (χ2n) is 7.78. The topological polar surface area (TPSA) is 89.3 Å². The number of aromatic amines is 1. The summed E-state index contributed by atoms with van der Waals surface area (Å²) < 4.78 is 5.93. The molecule has 2 aromatic carbocycles. The molecule has 2 aromatic heterocycles. The molecule has 7 nitrogen and oxygen atoms in total. The van der Waals surface area contributed by atoms with E-state index in [1.165, 1.54) is 0 Å². The van der Waals surface area contributed by atoms with E-state index in [2.05, 4.69) is 16.3 Å². The van der Waals surface area contributed by atoms with Gasteiger partial charge in [-0.2, -0.15) is 10.2 Å². The van der Waals surface area contributed by atoms with Crippen molar-refractivity contribution in [1.29, 1.82) is 0 Å². The second kappa shape index (κ2) is 8.37. The fourth-order valence-corrected chi connectivity index (χ4v) is 4.16. The normalized spacial score (nSPS) is 17.1. The largest absolute Gasteiger partial charge is 0.457 e. The van der Waals surface area contributed by atoms with Gasteiger partial charge in [-0.3, -0.25) is 10.1 Å². The van der Waals surface area contributed by atoms with Gasteiger partial charge in [-0.25, -0.2) is 0 Å². The molecule has 5 rings (SSSR count).